The number of nitrogens with zero attached hydrogens (tertiary/aromatic N) is 3. The van der Waals surface area contributed by atoms with Crippen molar-refractivity contribution in [2.45, 2.75) is 6.54 Å². The van der Waals surface area contributed by atoms with E-state index in [-0.39, 0.29) is 27.3 Å². The molecule has 0 spiro atoms. The molecule has 3 aromatic rings. The van der Waals surface area contributed by atoms with Gasteiger partial charge in [-0.2, -0.15) is 4.99 Å². The average molecular weight is 399 g/mol. The molecule has 0 radical (unpaired) electrons. The van der Waals surface area contributed by atoms with E-state index in [0.29, 0.717) is 5.56 Å². The Labute approximate surface area is 161 Å². The molecule has 0 aliphatic rings. The molecule has 0 atom stereocenters. The van der Waals surface area contributed by atoms with E-state index in [9.17, 15) is 23.7 Å². The number of carbonyl (C=O) groups is 1. The van der Waals surface area contributed by atoms with Crippen LogP contribution in [0.1, 0.15) is 5.56 Å². The number of benzene rings is 2. The molecule has 0 unspecified atom stereocenters. The Balaban J connectivity index is 1.96. The molecular weight excluding hydrogens is 388 g/mol. The third-order valence-corrected chi connectivity index (χ3v) is 4.70. The smallest absolute Gasteiger partial charge is 0.272 e. The van der Waals surface area contributed by atoms with Gasteiger partial charge in [-0.05, 0) is 29.8 Å². The SMILES string of the molecule is C#CCn1c(=NC(=O)/C=C/c2ccc([N+](=O)[O-])cc2)sc2cc(F)cc(F)c21. The zero-order valence-corrected chi connectivity index (χ0v) is 15.0. The first-order valence-corrected chi connectivity index (χ1v) is 8.64. The first-order valence-electron chi connectivity index (χ1n) is 7.82. The zero-order chi connectivity index (χ0) is 20.3. The molecule has 0 aliphatic heterocycles. The van der Waals surface area contributed by atoms with Crippen molar-refractivity contribution in [3.05, 3.63) is 74.6 Å². The monoisotopic (exact) mass is 399 g/mol. The van der Waals surface area contributed by atoms with E-state index in [1.165, 1.54) is 41.0 Å². The minimum atomic E-state index is -0.795. The lowest BCUT2D eigenvalue weighted by atomic mass is 10.2. The number of fused-ring (bicyclic) bond motifs is 1. The van der Waals surface area contributed by atoms with Gasteiger partial charge in [-0.25, -0.2) is 8.78 Å². The normalized spacial score (nSPS) is 11.8. The van der Waals surface area contributed by atoms with Crippen LogP contribution >= 0.6 is 11.3 Å². The summed E-state index contributed by atoms with van der Waals surface area (Å²) in [4.78, 5) is 26.3. The number of non-ortho nitro benzene ring substituents is 1. The average Bonchev–Trinajstić information content (AvgIpc) is 2.97. The number of terminal acetylenes is 1. The molecule has 1 heterocycles. The molecule has 3 rings (SSSR count). The van der Waals surface area contributed by atoms with Crippen molar-refractivity contribution >= 4 is 39.2 Å². The minimum Gasteiger partial charge on any atom is -0.302 e. The largest absolute Gasteiger partial charge is 0.302 e. The van der Waals surface area contributed by atoms with E-state index >= 15 is 0 Å². The Kier molecular flexibility index (Phi) is 5.42. The van der Waals surface area contributed by atoms with Gasteiger partial charge in [-0.15, -0.1) is 6.42 Å². The van der Waals surface area contributed by atoms with Gasteiger partial charge in [-0.1, -0.05) is 17.3 Å². The van der Waals surface area contributed by atoms with Crippen LogP contribution in [0, 0.1) is 34.1 Å². The second kappa shape index (κ2) is 7.94. The molecule has 0 saturated heterocycles. The predicted octanol–water partition coefficient (Wildman–Crippen LogP) is 3.66. The lowest BCUT2D eigenvalue weighted by molar-refractivity contribution is -0.384. The van der Waals surface area contributed by atoms with Gasteiger partial charge < -0.3 is 4.57 Å². The summed E-state index contributed by atoms with van der Waals surface area (Å²) in [5.74, 6) is 0.177. The number of nitro benzene ring substituents is 1. The van der Waals surface area contributed by atoms with Gasteiger partial charge in [-0.3, -0.25) is 14.9 Å². The molecule has 6 nitrogen and oxygen atoms in total. The van der Waals surface area contributed by atoms with Gasteiger partial charge >= 0.3 is 0 Å². The van der Waals surface area contributed by atoms with E-state index in [4.69, 9.17) is 6.42 Å². The fraction of sp³-hybridized carbons (Fsp3) is 0.0526. The lowest BCUT2D eigenvalue weighted by Gasteiger charge is -2.00. The van der Waals surface area contributed by atoms with Gasteiger partial charge in [0.25, 0.3) is 11.6 Å². The number of halogens is 2. The summed E-state index contributed by atoms with van der Waals surface area (Å²) in [5, 5.41) is 10.6. The maximum Gasteiger partial charge on any atom is 0.272 e. The van der Waals surface area contributed by atoms with Crippen molar-refractivity contribution in [1.29, 1.82) is 0 Å². The van der Waals surface area contributed by atoms with Crippen LogP contribution in [0.25, 0.3) is 16.3 Å². The lowest BCUT2D eigenvalue weighted by Crippen LogP contribution is -2.16. The molecule has 0 saturated carbocycles. The maximum atomic E-state index is 14.1. The van der Waals surface area contributed by atoms with Crippen molar-refractivity contribution in [1.82, 2.24) is 4.57 Å². The second-order valence-electron chi connectivity index (χ2n) is 5.54. The molecule has 9 heteroatoms. The number of carbonyl (C=O) groups excluding carboxylic acids is 1. The summed E-state index contributed by atoms with van der Waals surface area (Å²) in [6.45, 7) is -0.0409. The van der Waals surface area contributed by atoms with Gasteiger partial charge in [0.15, 0.2) is 10.6 Å². The van der Waals surface area contributed by atoms with E-state index in [1.807, 2.05) is 0 Å². The van der Waals surface area contributed by atoms with Gasteiger partial charge in [0.1, 0.15) is 5.82 Å². The van der Waals surface area contributed by atoms with E-state index < -0.39 is 22.5 Å². The molecule has 0 aliphatic carbocycles. The summed E-state index contributed by atoms with van der Waals surface area (Å²) < 4.78 is 29.2. The topological polar surface area (TPSA) is 77.5 Å². The highest BCUT2D eigenvalue weighted by Gasteiger charge is 2.13. The number of amides is 1. The van der Waals surface area contributed by atoms with Crippen LogP contribution < -0.4 is 4.80 Å². The van der Waals surface area contributed by atoms with Crippen molar-refractivity contribution < 1.29 is 18.5 Å². The summed E-state index contributed by atoms with van der Waals surface area (Å²) in [5.41, 5.74) is 0.577. The van der Waals surface area contributed by atoms with Crippen LogP contribution in [0.2, 0.25) is 0 Å². The summed E-state index contributed by atoms with van der Waals surface area (Å²) >= 11 is 0.938. The first-order chi connectivity index (χ1) is 13.4. The highest BCUT2D eigenvalue weighted by atomic mass is 32.1. The van der Waals surface area contributed by atoms with Crippen LogP contribution in [-0.4, -0.2) is 15.4 Å². The molecule has 28 heavy (non-hydrogen) atoms. The first kappa shape index (κ1) is 19.1. The Hall–Kier alpha value is -3.64. The molecule has 0 bridgehead atoms. The highest BCUT2D eigenvalue weighted by molar-refractivity contribution is 7.16. The number of thiazole rings is 1. The van der Waals surface area contributed by atoms with Crippen LogP contribution in [0.5, 0.6) is 0 Å². The van der Waals surface area contributed by atoms with Crippen molar-refractivity contribution in [2.24, 2.45) is 4.99 Å². The number of hydrogen-bond acceptors (Lipinski definition) is 4. The van der Waals surface area contributed by atoms with E-state index in [2.05, 4.69) is 10.9 Å². The third-order valence-electron chi connectivity index (χ3n) is 3.67. The molecule has 140 valence electrons. The molecule has 2 aromatic carbocycles. The molecule has 1 amide bonds. The highest BCUT2D eigenvalue weighted by Crippen LogP contribution is 2.22. The zero-order valence-electron chi connectivity index (χ0n) is 14.1. The van der Waals surface area contributed by atoms with Crippen LogP contribution in [0.3, 0.4) is 0 Å². The van der Waals surface area contributed by atoms with E-state index in [1.54, 1.807) is 0 Å². The molecule has 1 aromatic heterocycles. The van der Waals surface area contributed by atoms with Gasteiger partial charge in [0, 0.05) is 24.3 Å². The number of rotatable bonds is 4. The molecule has 0 fully saturated rings. The Morgan fingerprint density at radius 2 is 2.04 bits per heavy atom. The summed E-state index contributed by atoms with van der Waals surface area (Å²) in [7, 11) is 0. The van der Waals surface area contributed by atoms with Crippen molar-refractivity contribution in [3.63, 3.8) is 0 Å². The van der Waals surface area contributed by atoms with E-state index in [0.717, 1.165) is 23.5 Å². The van der Waals surface area contributed by atoms with Crippen LogP contribution in [0.15, 0.2) is 47.5 Å². The maximum absolute atomic E-state index is 14.1. The molecular formula is C19H11F2N3O3S. The minimum absolute atomic E-state index is 0.0409. The molecule has 0 N–H and O–H groups in total. The fourth-order valence-corrected chi connectivity index (χ4v) is 3.53. The van der Waals surface area contributed by atoms with Crippen molar-refractivity contribution in [3.8, 4) is 12.3 Å². The standard InChI is InChI=1S/C19H11F2N3O3S/c1-2-9-23-18-15(21)10-13(20)11-16(18)28-19(23)22-17(25)8-5-12-3-6-14(7-4-12)24(26)27/h1,3-8,10-11H,9H2/b8-5+,22-19?. The predicted molar refractivity (Wildman–Crippen MR) is 101 cm³/mol. The second-order valence-corrected chi connectivity index (χ2v) is 6.55. The quantitative estimate of drug-likeness (QED) is 0.291. The van der Waals surface area contributed by atoms with Gasteiger partial charge in [0.05, 0.1) is 21.7 Å². The van der Waals surface area contributed by atoms with Gasteiger partial charge in [0.2, 0.25) is 0 Å². The Morgan fingerprint density at radius 3 is 2.68 bits per heavy atom. The fourth-order valence-electron chi connectivity index (χ4n) is 2.46. The van der Waals surface area contributed by atoms with Crippen LogP contribution in [0.4, 0.5) is 14.5 Å². The summed E-state index contributed by atoms with van der Waals surface area (Å²) in [6, 6.07) is 7.47. The van der Waals surface area contributed by atoms with Crippen LogP contribution in [-0.2, 0) is 11.3 Å². The summed E-state index contributed by atoms with van der Waals surface area (Å²) in [6.07, 6.45) is 7.92. The number of aromatic nitrogens is 1. The van der Waals surface area contributed by atoms with Crippen molar-refractivity contribution in [2.75, 3.05) is 0 Å². The third kappa shape index (κ3) is 4.02. The number of nitro groups is 1. The number of hydrogen-bond donors (Lipinski definition) is 0. The Morgan fingerprint density at radius 1 is 1.32 bits per heavy atom. The Bertz CT molecular complexity index is 1220.